The van der Waals surface area contributed by atoms with Gasteiger partial charge in [-0.15, -0.1) is 0 Å². The average Bonchev–Trinajstić information content (AvgIpc) is 2.49. The fourth-order valence-corrected chi connectivity index (χ4v) is 2.00. The van der Waals surface area contributed by atoms with Crippen LogP contribution in [-0.2, 0) is 13.0 Å². The number of benzene rings is 2. The average molecular weight is 255 g/mol. The molecule has 1 aliphatic rings. The third-order valence-corrected chi connectivity index (χ3v) is 3.03. The Bertz CT molecular complexity index is 512. The molecule has 2 aromatic rings. The fraction of sp³-hybridized carbons (Fsp3) is 0.188. The van der Waals surface area contributed by atoms with Crippen molar-refractivity contribution in [1.82, 2.24) is 5.32 Å². The summed E-state index contributed by atoms with van der Waals surface area (Å²) in [5.41, 5.74) is 3.31. The maximum Gasteiger partial charge on any atom is 0.335 e. The fourth-order valence-electron chi connectivity index (χ4n) is 2.00. The van der Waals surface area contributed by atoms with E-state index >= 15 is 0 Å². The Kier molecular flexibility index (Phi) is 4.70. The minimum Gasteiger partial charge on any atom is -0.478 e. The summed E-state index contributed by atoms with van der Waals surface area (Å²) in [6.07, 6.45) is 1.19. The van der Waals surface area contributed by atoms with Gasteiger partial charge in [0.25, 0.3) is 0 Å². The Morgan fingerprint density at radius 1 is 0.947 bits per heavy atom. The van der Waals surface area contributed by atoms with E-state index in [-0.39, 0.29) is 0 Å². The van der Waals surface area contributed by atoms with Gasteiger partial charge in [0.2, 0.25) is 0 Å². The van der Waals surface area contributed by atoms with Gasteiger partial charge >= 0.3 is 5.97 Å². The van der Waals surface area contributed by atoms with Crippen molar-refractivity contribution in [2.45, 2.75) is 13.0 Å². The Morgan fingerprint density at radius 3 is 2.16 bits per heavy atom. The molecule has 19 heavy (non-hydrogen) atoms. The molecule has 0 bridgehead atoms. The van der Waals surface area contributed by atoms with E-state index in [9.17, 15) is 4.79 Å². The molecule has 1 aliphatic heterocycles. The molecule has 0 amide bonds. The highest BCUT2D eigenvalue weighted by Crippen LogP contribution is 2.11. The van der Waals surface area contributed by atoms with Gasteiger partial charge in [-0.25, -0.2) is 4.79 Å². The molecule has 98 valence electrons. The first-order chi connectivity index (χ1) is 9.27. The van der Waals surface area contributed by atoms with Gasteiger partial charge in [-0.3, -0.25) is 0 Å². The van der Waals surface area contributed by atoms with Gasteiger partial charge in [0.1, 0.15) is 0 Å². The van der Waals surface area contributed by atoms with Crippen molar-refractivity contribution in [3.63, 3.8) is 0 Å². The number of rotatable bonds is 1. The zero-order valence-corrected chi connectivity index (χ0v) is 10.7. The van der Waals surface area contributed by atoms with Crippen molar-refractivity contribution in [2.24, 2.45) is 0 Å². The van der Waals surface area contributed by atoms with Gasteiger partial charge in [-0.1, -0.05) is 42.5 Å². The summed E-state index contributed by atoms with van der Waals surface area (Å²) in [5, 5.41) is 11.7. The third-order valence-electron chi connectivity index (χ3n) is 3.03. The second-order valence-corrected chi connectivity index (χ2v) is 4.37. The first-order valence-electron chi connectivity index (χ1n) is 6.33. The monoisotopic (exact) mass is 255 g/mol. The van der Waals surface area contributed by atoms with Crippen LogP contribution in [0.15, 0.2) is 54.6 Å². The zero-order chi connectivity index (χ0) is 13.5. The maximum absolute atomic E-state index is 10.2. The van der Waals surface area contributed by atoms with Crippen LogP contribution in [0.25, 0.3) is 0 Å². The normalized spacial score (nSPS) is 12.8. The molecule has 0 unspecified atom stereocenters. The SMILES string of the molecule is O=C(O)c1ccccc1.c1ccc2c(c1)CCNC2. The first-order valence-corrected chi connectivity index (χ1v) is 6.33. The molecule has 0 radical (unpaired) electrons. The van der Waals surface area contributed by atoms with E-state index in [4.69, 9.17) is 5.11 Å². The van der Waals surface area contributed by atoms with Crippen LogP contribution in [0.1, 0.15) is 21.5 Å². The predicted octanol–water partition coefficient (Wildman–Crippen LogP) is 2.72. The minimum absolute atomic E-state index is 0.331. The number of carboxylic acid groups (broad SMARTS) is 1. The van der Waals surface area contributed by atoms with Crippen molar-refractivity contribution >= 4 is 5.97 Å². The smallest absolute Gasteiger partial charge is 0.335 e. The molecule has 3 nitrogen and oxygen atoms in total. The van der Waals surface area contributed by atoms with Crippen LogP contribution in [0.4, 0.5) is 0 Å². The molecular formula is C16H17NO2. The molecule has 0 spiro atoms. The van der Waals surface area contributed by atoms with Crippen LogP contribution < -0.4 is 5.32 Å². The van der Waals surface area contributed by atoms with Crippen LogP contribution in [0.5, 0.6) is 0 Å². The van der Waals surface area contributed by atoms with Gasteiger partial charge in [0.15, 0.2) is 0 Å². The number of carboxylic acids is 1. The van der Waals surface area contributed by atoms with Crippen molar-refractivity contribution in [1.29, 1.82) is 0 Å². The maximum atomic E-state index is 10.2. The molecule has 0 saturated heterocycles. The minimum atomic E-state index is -0.879. The summed E-state index contributed by atoms with van der Waals surface area (Å²) in [4.78, 5) is 10.2. The summed E-state index contributed by atoms with van der Waals surface area (Å²) in [6, 6.07) is 16.9. The van der Waals surface area contributed by atoms with E-state index in [1.807, 2.05) is 0 Å². The number of carbonyl (C=O) groups is 1. The van der Waals surface area contributed by atoms with Gasteiger partial charge < -0.3 is 10.4 Å². The molecule has 2 aromatic carbocycles. The van der Waals surface area contributed by atoms with Crippen LogP contribution in [-0.4, -0.2) is 17.6 Å². The highest BCUT2D eigenvalue weighted by Gasteiger charge is 2.05. The van der Waals surface area contributed by atoms with E-state index in [2.05, 4.69) is 29.6 Å². The van der Waals surface area contributed by atoms with Crippen LogP contribution in [0.2, 0.25) is 0 Å². The number of aromatic carboxylic acids is 1. The first kappa shape index (κ1) is 13.3. The highest BCUT2D eigenvalue weighted by molar-refractivity contribution is 5.87. The van der Waals surface area contributed by atoms with E-state index < -0.39 is 5.97 Å². The Hall–Kier alpha value is -2.13. The standard InChI is InChI=1S/C9H11N.C7H6O2/c1-2-4-9-7-10-6-5-8(9)3-1;8-7(9)6-4-2-1-3-5-6/h1-4,10H,5-7H2;1-5H,(H,8,9). The van der Waals surface area contributed by atoms with Crippen molar-refractivity contribution in [2.75, 3.05) is 6.54 Å². The zero-order valence-electron chi connectivity index (χ0n) is 10.7. The predicted molar refractivity (Wildman–Crippen MR) is 75.3 cm³/mol. The van der Waals surface area contributed by atoms with Gasteiger partial charge in [-0.2, -0.15) is 0 Å². The lowest BCUT2D eigenvalue weighted by atomic mass is 10.0. The Balaban J connectivity index is 0.000000141. The molecule has 1 heterocycles. The number of nitrogens with one attached hydrogen (secondary N) is 1. The second kappa shape index (κ2) is 6.71. The largest absolute Gasteiger partial charge is 0.478 e. The molecule has 0 fully saturated rings. The summed E-state index contributed by atoms with van der Waals surface area (Å²) in [6.45, 7) is 2.19. The highest BCUT2D eigenvalue weighted by atomic mass is 16.4. The molecule has 2 N–H and O–H groups in total. The lowest BCUT2D eigenvalue weighted by Crippen LogP contribution is -2.23. The van der Waals surface area contributed by atoms with Crippen LogP contribution >= 0.6 is 0 Å². The summed E-state index contributed by atoms with van der Waals surface area (Å²) in [7, 11) is 0. The molecule has 3 rings (SSSR count). The summed E-state index contributed by atoms with van der Waals surface area (Å²) >= 11 is 0. The van der Waals surface area contributed by atoms with Crippen molar-refractivity contribution < 1.29 is 9.90 Å². The Morgan fingerprint density at radius 2 is 1.58 bits per heavy atom. The molecule has 3 heteroatoms. The molecular weight excluding hydrogens is 238 g/mol. The van der Waals surface area contributed by atoms with E-state index in [0.29, 0.717) is 5.56 Å². The number of fused-ring (bicyclic) bond motifs is 1. The van der Waals surface area contributed by atoms with Crippen molar-refractivity contribution in [3.05, 3.63) is 71.3 Å². The quantitative estimate of drug-likeness (QED) is 0.823. The van der Waals surface area contributed by atoms with E-state index in [1.54, 1.807) is 30.3 Å². The molecule has 0 atom stereocenters. The Labute approximate surface area is 112 Å². The van der Waals surface area contributed by atoms with Gasteiger partial charge in [-0.05, 0) is 36.2 Å². The van der Waals surface area contributed by atoms with Crippen LogP contribution in [0, 0.1) is 0 Å². The molecule has 0 saturated carbocycles. The third kappa shape index (κ3) is 3.93. The summed E-state index contributed by atoms with van der Waals surface area (Å²) in [5.74, 6) is -0.879. The van der Waals surface area contributed by atoms with E-state index in [0.717, 1.165) is 13.1 Å². The topological polar surface area (TPSA) is 49.3 Å². The lowest BCUT2D eigenvalue weighted by Gasteiger charge is -2.15. The van der Waals surface area contributed by atoms with Gasteiger partial charge in [0.05, 0.1) is 5.56 Å². The van der Waals surface area contributed by atoms with Crippen LogP contribution in [0.3, 0.4) is 0 Å². The number of hydrogen-bond acceptors (Lipinski definition) is 2. The van der Waals surface area contributed by atoms with Crippen molar-refractivity contribution in [3.8, 4) is 0 Å². The molecule has 0 aromatic heterocycles. The van der Waals surface area contributed by atoms with E-state index in [1.165, 1.54) is 17.5 Å². The number of hydrogen-bond donors (Lipinski definition) is 2. The lowest BCUT2D eigenvalue weighted by molar-refractivity contribution is 0.0697. The second-order valence-electron chi connectivity index (χ2n) is 4.37. The summed E-state index contributed by atoms with van der Waals surface area (Å²) < 4.78 is 0. The van der Waals surface area contributed by atoms with Gasteiger partial charge in [0, 0.05) is 6.54 Å². The molecule has 0 aliphatic carbocycles.